The second kappa shape index (κ2) is 5.64. The summed E-state index contributed by atoms with van der Waals surface area (Å²) in [7, 11) is 5.49. The number of likely N-dealkylation sites (N-methyl/N-ethyl adjacent to an activating group) is 1. The quantitative estimate of drug-likeness (QED) is 0.864. The van der Waals surface area contributed by atoms with E-state index in [4.69, 9.17) is 4.74 Å². The van der Waals surface area contributed by atoms with E-state index in [9.17, 15) is 0 Å². The van der Waals surface area contributed by atoms with Crippen LogP contribution in [0.25, 0.3) is 0 Å². The first-order valence-corrected chi connectivity index (χ1v) is 5.89. The van der Waals surface area contributed by atoms with Crippen molar-refractivity contribution in [1.29, 1.82) is 0 Å². The van der Waals surface area contributed by atoms with Crippen LogP contribution in [0.5, 0.6) is 5.88 Å². The van der Waals surface area contributed by atoms with E-state index in [0.29, 0.717) is 5.88 Å². The monoisotopic (exact) mass is 246 g/mol. The molecule has 2 aromatic heterocycles. The van der Waals surface area contributed by atoms with E-state index in [1.165, 1.54) is 0 Å². The smallest absolute Gasteiger partial charge is 0.217 e. The van der Waals surface area contributed by atoms with Gasteiger partial charge in [0.1, 0.15) is 0 Å². The Morgan fingerprint density at radius 1 is 1.44 bits per heavy atom. The summed E-state index contributed by atoms with van der Waals surface area (Å²) < 4.78 is 7.10. The first kappa shape index (κ1) is 12.6. The molecule has 0 amide bonds. The lowest BCUT2D eigenvalue weighted by molar-refractivity contribution is 0.384. The lowest BCUT2D eigenvalue weighted by Crippen LogP contribution is -2.20. The number of aromatic nitrogens is 3. The average molecular weight is 246 g/mol. The molecule has 0 aliphatic heterocycles. The zero-order valence-electron chi connectivity index (χ0n) is 10.9. The highest BCUT2D eigenvalue weighted by Gasteiger charge is 2.16. The SMILES string of the molecule is CNC(Cc1ccn(C)n1)c1cccnc1OC. The predicted octanol–water partition coefficient (Wildman–Crippen LogP) is 1.33. The Labute approximate surface area is 107 Å². The molecule has 0 bridgehead atoms. The third-order valence-electron chi connectivity index (χ3n) is 2.90. The van der Waals surface area contributed by atoms with Crippen molar-refractivity contribution in [2.24, 2.45) is 7.05 Å². The Morgan fingerprint density at radius 3 is 2.89 bits per heavy atom. The molecular formula is C13H18N4O. The van der Waals surface area contributed by atoms with Crippen LogP contribution in [0.3, 0.4) is 0 Å². The number of ether oxygens (including phenoxy) is 1. The van der Waals surface area contributed by atoms with Gasteiger partial charge in [0.05, 0.1) is 12.8 Å². The molecule has 0 saturated carbocycles. The fraction of sp³-hybridized carbons (Fsp3) is 0.385. The van der Waals surface area contributed by atoms with Crippen molar-refractivity contribution in [3.63, 3.8) is 0 Å². The maximum atomic E-state index is 5.29. The molecule has 0 aliphatic carbocycles. The molecule has 5 heteroatoms. The van der Waals surface area contributed by atoms with Crippen LogP contribution in [-0.4, -0.2) is 28.9 Å². The third kappa shape index (κ3) is 2.68. The van der Waals surface area contributed by atoms with Crippen LogP contribution < -0.4 is 10.1 Å². The van der Waals surface area contributed by atoms with Gasteiger partial charge >= 0.3 is 0 Å². The van der Waals surface area contributed by atoms with Crippen LogP contribution in [0.4, 0.5) is 0 Å². The summed E-state index contributed by atoms with van der Waals surface area (Å²) in [5.74, 6) is 0.660. The number of nitrogens with zero attached hydrogens (tertiary/aromatic N) is 3. The Kier molecular flexibility index (Phi) is 3.94. The van der Waals surface area contributed by atoms with Gasteiger partial charge in [-0.3, -0.25) is 4.68 Å². The van der Waals surface area contributed by atoms with Crippen molar-refractivity contribution in [3.8, 4) is 5.88 Å². The van der Waals surface area contributed by atoms with E-state index in [2.05, 4.69) is 15.4 Å². The van der Waals surface area contributed by atoms with Gasteiger partial charge in [0.15, 0.2) is 0 Å². The molecule has 2 aromatic rings. The van der Waals surface area contributed by atoms with Crippen LogP contribution in [0.2, 0.25) is 0 Å². The highest BCUT2D eigenvalue weighted by atomic mass is 16.5. The van der Waals surface area contributed by atoms with Gasteiger partial charge in [-0.25, -0.2) is 4.98 Å². The standard InChI is InChI=1S/C13H18N4O/c1-14-12(9-10-6-8-17(2)16-10)11-5-4-7-15-13(11)18-3/h4-8,12,14H,9H2,1-3H3. The summed E-state index contributed by atoms with van der Waals surface area (Å²) >= 11 is 0. The molecule has 2 heterocycles. The van der Waals surface area contributed by atoms with Crippen LogP contribution in [0, 0.1) is 0 Å². The molecule has 2 rings (SSSR count). The largest absolute Gasteiger partial charge is 0.481 e. The zero-order valence-corrected chi connectivity index (χ0v) is 10.9. The molecule has 1 unspecified atom stereocenters. The number of hydrogen-bond donors (Lipinski definition) is 1. The average Bonchev–Trinajstić information content (AvgIpc) is 2.81. The molecule has 18 heavy (non-hydrogen) atoms. The van der Waals surface area contributed by atoms with Gasteiger partial charge in [-0.05, 0) is 19.2 Å². The van der Waals surface area contributed by atoms with Gasteiger partial charge in [0.25, 0.3) is 0 Å². The Hall–Kier alpha value is -1.88. The second-order valence-corrected chi connectivity index (χ2v) is 4.13. The molecule has 1 N–H and O–H groups in total. The van der Waals surface area contributed by atoms with Gasteiger partial charge in [-0.2, -0.15) is 5.10 Å². The lowest BCUT2D eigenvalue weighted by Gasteiger charge is -2.17. The summed E-state index contributed by atoms with van der Waals surface area (Å²) in [6.07, 6.45) is 4.48. The first-order valence-electron chi connectivity index (χ1n) is 5.89. The van der Waals surface area contributed by atoms with Gasteiger partial charge in [-0.15, -0.1) is 0 Å². The van der Waals surface area contributed by atoms with Crippen molar-refractivity contribution >= 4 is 0 Å². The number of nitrogens with one attached hydrogen (secondary N) is 1. The summed E-state index contributed by atoms with van der Waals surface area (Å²) in [6.45, 7) is 0. The highest BCUT2D eigenvalue weighted by Crippen LogP contribution is 2.24. The van der Waals surface area contributed by atoms with Gasteiger partial charge in [0.2, 0.25) is 5.88 Å². The van der Waals surface area contributed by atoms with Crippen molar-refractivity contribution in [1.82, 2.24) is 20.1 Å². The summed E-state index contributed by atoms with van der Waals surface area (Å²) in [6, 6.07) is 6.10. The Bertz CT molecular complexity index is 509. The summed E-state index contributed by atoms with van der Waals surface area (Å²) in [4.78, 5) is 4.23. The molecule has 0 saturated heterocycles. The summed E-state index contributed by atoms with van der Waals surface area (Å²) in [5.41, 5.74) is 2.09. The predicted molar refractivity (Wildman–Crippen MR) is 69.5 cm³/mol. The molecule has 0 aliphatic rings. The van der Waals surface area contributed by atoms with Crippen LogP contribution >= 0.6 is 0 Å². The van der Waals surface area contributed by atoms with Crippen molar-refractivity contribution in [2.45, 2.75) is 12.5 Å². The van der Waals surface area contributed by atoms with Crippen LogP contribution in [0.1, 0.15) is 17.3 Å². The van der Waals surface area contributed by atoms with Crippen molar-refractivity contribution in [2.75, 3.05) is 14.2 Å². The highest BCUT2D eigenvalue weighted by molar-refractivity contribution is 5.30. The molecule has 1 atom stereocenters. The lowest BCUT2D eigenvalue weighted by atomic mass is 10.0. The van der Waals surface area contributed by atoms with E-state index >= 15 is 0 Å². The van der Waals surface area contributed by atoms with Crippen LogP contribution in [-0.2, 0) is 13.5 Å². The fourth-order valence-electron chi connectivity index (χ4n) is 1.99. The molecular weight excluding hydrogens is 228 g/mol. The van der Waals surface area contributed by atoms with Crippen molar-refractivity contribution in [3.05, 3.63) is 41.9 Å². The normalized spacial score (nSPS) is 12.4. The third-order valence-corrected chi connectivity index (χ3v) is 2.90. The van der Waals surface area contributed by atoms with Crippen LogP contribution in [0.15, 0.2) is 30.6 Å². The molecule has 0 radical (unpaired) electrons. The maximum absolute atomic E-state index is 5.29. The molecule has 0 aromatic carbocycles. The number of pyridine rings is 1. The summed E-state index contributed by atoms with van der Waals surface area (Å²) in [5, 5.41) is 7.68. The van der Waals surface area contributed by atoms with E-state index in [1.54, 1.807) is 13.3 Å². The number of rotatable bonds is 5. The number of hydrogen-bond acceptors (Lipinski definition) is 4. The number of methoxy groups -OCH3 is 1. The Balaban J connectivity index is 2.22. The van der Waals surface area contributed by atoms with E-state index in [0.717, 1.165) is 17.7 Å². The van der Waals surface area contributed by atoms with Crippen molar-refractivity contribution < 1.29 is 4.74 Å². The minimum absolute atomic E-state index is 0.142. The van der Waals surface area contributed by atoms with E-state index in [1.807, 2.05) is 43.2 Å². The minimum Gasteiger partial charge on any atom is -0.481 e. The first-order chi connectivity index (χ1) is 8.74. The topological polar surface area (TPSA) is 52.0 Å². The zero-order chi connectivity index (χ0) is 13.0. The second-order valence-electron chi connectivity index (χ2n) is 4.13. The molecule has 96 valence electrons. The van der Waals surface area contributed by atoms with Gasteiger partial charge in [-0.1, -0.05) is 6.07 Å². The van der Waals surface area contributed by atoms with Gasteiger partial charge in [0, 0.05) is 37.5 Å². The molecule has 5 nitrogen and oxygen atoms in total. The number of aryl methyl sites for hydroxylation is 1. The Morgan fingerprint density at radius 2 is 2.28 bits per heavy atom. The molecule has 0 fully saturated rings. The van der Waals surface area contributed by atoms with Gasteiger partial charge < -0.3 is 10.1 Å². The molecule has 0 spiro atoms. The maximum Gasteiger partial charge on any atom is 0.217 e. The van der Waals surface area contributed by atoms with E-state index in [-0.39, 0.29) is 6.04 Å². The van der Waals surface area contributed by atoms with E-state index < -0.39 is 0 Å². The minimum atomic E-state index is 0.142. The fourth-order valence-corrected chi connectivity index (χ4v) is 1.99.